The van der Waals surface area contributed by atoms with E-state index in [9.17, 15) is 9.18 Å². The normalized spacial score (nSPS) is 10.3. The molecule has 0 aliphatic heterocycles. The molecule has 2 aromatic carbocycles. The highest BCUT2D eigenvalue weighted by atomic mass is 19.1. The Kier molecular flexibility index (Phi) is 5.49. The first-order valence-electron chi connectivity index (χ1n) is 6.93. The van der Waals surface area contributed by atoms with Crippen molar-refractivity contribution in [2.75, 3.05) is 19.5 Å². The summed E-state index contributed by atoms with van der Waals surface area (Å²) in [5.74, 6) is -0.309. The van der Waals surface area contributed by atoms with E-state index in [1.807, 2.05) is 24.3 Å². The summed E-state index contributed by atoms with van der Waals surface area (Å²) in [6.45, 7) is 0.750. The van der Waals surface area contributed by atoms with Crippen molar-refractivity contribution in [3.8, 4) is 0 Å². The zero-order valence-corrected chi connectivity index (χ0v) is 12.7. The number of ether oxygens (including phenoxy) is 1. The average molecular weight is 302 g/mol. The number of amides is 2. The summed E-state index contributed by atoms with van der Waals surface area (Å²) < 4.78 is 18.3. The van der Waals surface area contributed by atoms with Gasteiger partial charge < -0.3 is 15.0 Å². The Morgan fingerprint density at radius 1 is 1.23 bits per heavy atom. The molecule has 2 amide bonds. The van der Waals surface area contributed by atoms with Crippen molar-refractivity contribution < 1.29 is 13.9 Å². The van der Waals surface area contributed by atoms with E-state index >= 15 is 0 Å². The average Bonchev–Trinajstić information content (AvgIpc) is 2.49. The molecule has 0 aliphatic rings. The first-order valence-corrected chi connectivity index (χ1v) is 6.93. The number of anilines is 1. The Hall–Kier alpha value is -2.40. The van der Waals surface area contributed by atoms with Gasteiger partial charge in [0.25, 0.3) is 0 Å². The zero-order valence-electron chi connectivity index (χ0n) is 12.7. The van der Waals surface area contributed by atoms with Crippen LogP contribution in [0.4, 0.5) is 14.9 Å². The highest BCUT2D eigenvalue weighted by molar-refractivity contribution is 5.89. The lowest BCUT2D eigenvalue weighted by molar-refractivity contribution is 0.185. The van der Waals surface area contributed by atoms with Gasteiger partial charge in [0.05, 0.1) is 6.61 Å². The first kappa shape index (κ1) is 16.0. The van der Waals surface area contributed by atoms with Crippen LogP contribution in [0.25, 0.3) is 0 Å². The smallest absolute Gasteiger partial charge is 0.321 e. The van der Waals surface area contributed by atoms with Crippen LogP contribution in [0.3, 0.4) is 0 Å². The van der Waals surface area contributed by atoms with Crippen LogP contribution in [0.15, 0.2) is 48.5 Å². The number of benzene rings is 2. The maximum Gasteiger partial charge on any atom is 0.321 e. The van der Waals surface area contributed by atoms with Crippen LogP contribution in [0.2, 0.25) is 0 Å². The van der Waals surface area contributed by atoms with E-state index in [0.29, 0.717) is 18.8 Å². The fourth-order valence-corrected chi connectivity index (χ4v) is 2.12. The number of nitrogens with zero attached hydrogens (tertiary/aromatic N) is 1. The Labute approximate surface area is 129 Å². The molecule has 22 heavy (non-hydrogen) atoms. The summed E-state index contributed by atoms with van der Waals surface area (Å²) in [5, 5.41) is 2.84. The van der Waals surface area contributed by atoms with Crippen LogP contribution in [-0.2, 0) is 17.9 Å². The molecule has 0 bridgehead atoms. The number of halogens is 1. The van der Waals surface area contributed by atoms with E-state index in [-0.39, 0.29) is 11.8 Å². The summed E-state index contributed by atoms with van der Waals surface area (Å²) in [5.41, 5.74) is 2.35. The van der Waals surface area contributed by atoms with Crippen LogP contribution in [-0.4, -0.2) is 25.1 Å². The summed E-state index contributed by atoms with van der Waals surface area (Å²) in [7, 11) is 3.27. The lowest BCUT2D eigenvalue weighted by Crippen LogP contribution is -2.31. The van der Waals surface area contributed by atoms with Gasteiger partial charge in [-0.2, -0.15) is 0 Å². The summed E-state index contributed by atoms with van der Waals surface area (Å²) in [6, 6.07) is 13.4. The Balaban J connectivity index is 2.02. The minimum Gasteiger partial charge on any atom is -0.380 e. The van der Waals surface area contributed by atoms with E-state index in [4.69, 9.17) is 4.74 Å². The van der Waals surface area contributed by atoms with Gasteiger partial charge >= 0.3 is 6.03 Å². The molecule has 0 spiro atoms. The van der Waals surface area contributed by atoms with Gasteiger partial charge in [-0.25, -0.2) is 9.18 Å². The van der Waals surface area contributed by atoms with Gasteiger partial charge in [-0.3, -0.25) is 0 Å². The first-order chi connectivity index (χ1) is 10.6. The summed E-state index contributed by atoms with van der Waals surface area (Å²) >= 11 is 0. The van der Waals surface area contributed by atoms with E-state index in [1.54, 1.807) is 26.3 Å². The quantitative estimate of drug-likeness (QED) is 0.916. The van der Waals surface area contributed by atoms with E-state index in [1.165, 1.54) is 17.0 Å². The summed E-state index contributed by atoms with van der Waals surface area (Å²) in [6.07, 6.45) is 0. The summed E-state index contributed by atoms with van der Waals surface area (Å²) in [4.78, 5) is 13.7. The lowest BCUT2D eigenvalue weighted by Gasteiger charge is -2.19. The Morgan fingerprint density at radius 3 is 2.73 bits per heavy atom. The van der Waals surface area contributed by atoms with Gasteiger partial charge in [-0.1, -0.05) is 30.3 Å². The van der Waals surface area contributed by atoms with Gasteiger partial charge in [-0.15, -0.1) is 0 Å². The minimum absolute atomic E-state index is 0.257. The molecule has 0 heterocycles. The van der Waals surface area contributed by atoms with Crippen molar-refractivity contribution in [3.63, 3.8) is 0 Å². The van der Waals surface area contributed by atoms with Crippen LogP contribution in [0, 0.1) is 5.82 Å². The second kappa shape index (κ2) is 7.56. The molecule has 4 nitrogen and oxygen atoms in total. The highest BCUT2D eigenvalue weighted by Crippen LogP contribution is 2.16. The van der Waals surface area contributed by atoms with Crippen LogP contribution < -0.4 is 5.32 Å². The van der Waals surface area contributed by atoms with Crippen molar-refractivity contribution in [2.45, 2.75) is 13.2 Å². The van der Waals surface area contributed by atoms with E-state index < -0.39 is 0 Å². The minimum atomic E-state index is -0.309. The van der Waals surface area contributed by atoms with Gasteiger partial charge in [-0.05, 0) is 23.8 Å². The van der Waals surface area contributed by atoms with Crippen molar-refractivity contribution in [3.05, 3.63) is 65.5 Å². The maximum atomic E-state index is 13.2. The SMILES string of the molecule is COCc1ccccc1NC(=O)N(C)Cc1cccc(F)c1. The fourth-order valence-electron chi connectivity index (χ4n) is 2.12. The number of carbonyl (C=O) groups is 1. The Bertz CT molecular complexity index is 646. The number of urea groups is 1. The molecule has 0 saturated heterocycles. The third-order valence-corrected chi connectivity index (χ3v) is 3.21. The van der Waals surface area contributed by atoms with Gasteiger partial charge in [0.15, 0.2) is 0 Å². The van der Waals surface area contributed by atoms with E-state index in [0.717, 1.165) is 11.1 Å². The predicted molar refractivity (Wildman–Crippen MR) is 84.0 cm³/mol. The molecule has 0 saturated carbocycles. The topological polar surface area (TPSA) is 41.6 Å². The van der Waals surface area contributed by atoms with Crippen LogP contribution in [0.5, 0.6) is 0 Å². The molecule has 0 aliphatic carbocycles. The molecule has 0 aromatic heterocycles. The third-order valence-electron chi connectivity index (χ3n) is 3.21. The number of para-hydroxylation sites is 1. The highest BCUT2D eigenvalue weighted by Gasteiger charge is 2.11. The van der Waals surface area contributed by atoms with Crippen molar-refractivity contribution in [1.29, 1.82) is 0 Å². The fraction of sp³-hybridized carbons (Fsp3) is 0.235. The van der Waals surface area contributed by atoms with Crippen LogP contribution in [0.1, 0.15) is 11.1 Å². The molecule has 0 fully saturated rings. The second-order valence-corrected chi connectivity index (χ2v) is 5.01. The second-order valence-electron chi connectivity index (χ2n) is 5.01. The molecule has 2 aromatic rings. The molecule has 0 radical (unpaired) electrons. The number of methoxy groups -OCH3 is 1. The van der Waals surface area contributed by atoms with Gasteiger partial charge in [0, 0.05) is 32.0 Å². The zero-order chi connectivity index (χ0) is 15.9. The molecule has 5 heteroatoms. The molecular weight excluding hydrogens is 283 g/mol. The van der Waals surface area contributed by atoms with E-state index in [2.05, 4.69) is 5.32 Å². The molecule has 2 rings (SSSR count). The Morgan fingerprint density at radius 2 is 2.00 bits per heavy atom. The standard InChI is InChI=1S/C17H19FN2O2/c1-20(11-13-6-5-8-15(18)10-13)17(21)19-16-9-4-3-7-14(16)12-22-2/h3-10H,11-12H2,1-2H3,(H,19,21). The number of rotatable bonds is 5. The number of hydrogen-bond acceptors (Lipinski definition) is 2. The number of hydrogen-bond donors (Lipinski definition) is 1. The number of nitrogens with one attached hydrogen (secondary N) is 1. The molecule has 1 N–H and O–H groups in total. The number of carbonyl (C=O) groups excluding carboxylic acids is 1. The molecule has 116 valence electrons. The monoisotopic (exact) mass is 302 g/mol. The lowest BCUT2D eigenvalue weighted by atomic mass is 10.2. The van der Waals surface area contributed by atoms with Crippen molar-refractivity contribution in [1.82, 2.24) is 4.90 Å². The third kappa shape index (κ3) is 4.30. The molecular formula is C17H19FN2O2. The predicted octanol–water partition coefficient (Wildman–Crippen LogP) is 3.64. The van der Waals surface area contributed by atoms with Crippen LogP contribution >= 0.6 is 0 Å². The van der Waals surface area contributed by atoms with Crippen molar-refractivity contribution in [2.24, 2.45) is 0 Å². The van der Waals surface area contributed by atoms with Gasteiger partial charge in [0.2, 0.25) is 0 Å². The van der Waals surface area contributed by atoms with Gasteiger partial charge in [0.1, 0.15) is 5.82 Å². The maximum absolute atomic E-state index is 13.2. The molecule has 0 atom stereocenters. The molecule has 0 unspecified atom stereocenters. The largest absolute Gasteiger partial charge is 0.380 e. The van der Waals surface area contributed by atoms with Crippen molar-refractivity contribution >= 4 is 11.7 Å².